The van der Waals surface area contributed by atoms with Crippen molar-refractivity contribution in [1.29, 1.82) is 0 Å². The minimum absolute atomic E-state index is 0.511. The van der Waals surface area contributed by atoms with Gasteiger partial charge in [0.25, 0.3) is 0 Å². The first-order valence-electron chi connectivity index (χ1n) is 5.63. The zero-order chi connectivity index (χ0) is 10.6. The second-order valence-corrected chi connectivity index (χ2v) is 5.81. The summed E-state index contributed by atoms with van der Waals surface area (Å²) in [6.07, 6.45) is 3.68. The standard InChI is InChI=1S/C13H15BrO/c1-8-5-6-12(14)11(7-8)13(15)9-3-2-4-10(9)13/h5-7,9-10,15H,2-4H2,1H3. The summed E-state index contributed by atoms with van der Waals surface area (Å²) in [6.45, 7) is 2.08. The summed E-state index contributed by atoms with van der Waals surface area (Å²) >= 11 is 3.55. The number of aliphatic hydroxyl groups is 1. The van der Waals surface area contributed by atoms with Gasteiger partial charge in [-0.3, -0.25) is 0 Å². The molecule has 2 fully saturated rings. The SMILES string of the molecule is Cc1ccc(Br)c(C2(O)C3CCCC32)c1. The molecule has 1 aromatic carbocycles. The summed E-state index contributed by atoms with van der Waals surface area (Å²) in [7, 11) is 0. The van der Waals surface area contributed by atoms with Gasteiger partial charge in [-0.1, -0.05) is 40.0 Å². The fraction of sp³-hybridized carbons (Fsp3) is 0.538. The Labute approximate surface area is 98.6 Å². The minimum atomic E-state index is -0.511. The normalized spacial score (nSPS) is 37.8. The van der Waals surface area contributed by atoms with Crippen molar-refractivity contribution in [2.24, 2.45) is 11.8 Å². The highest BCUT2D eigenvalue weighted by Crippen LogP contribution is 2.67. The van der Waals surface area contributed by atoms with Crippen LogP contribution in [0, 0.1) is 18.8 Å². The quantitative estimate of drug-likeness (QED) is 0.827. The lowest BCUT2D eigenvalue weighted by atomic mass is 9.98. The van der Waals surface area contributed by atoms with Gasteiger partial charge in [-0.2, -0.15) is 0 Å². The largest absolute Gasteiger partial charge is 0.385 e. The lowest BCUT2D eigenvalue weighted by Gasteiger charge is -2.17. The van der Waals surface area contributed by atoms with Crippen molar-refractivity contribution in [2.75, 3.05) is 0 Å². The lowest BCUT2D eigenvalue weighted by molar-refractivity contribution is 0.105. The summed E-state index contributed by atoms with van der Waals surface area (Å²) in [4.78, 5) is 0. The molecule has 0 saturated heterocycles. The minimum Gasteiger partial charge on any atom is -0.385 e. The van der Waals surface area contributed by atoms with Crippen molar-refractivity contribution < 1.29 is 5.11 Å². The Bertz CT molecular complexity index is 403. The van der Waals surface area contributed by atoms with Crippen LogP contribution in [0.4, 0.5) is 0 Å². The molecule has 0 amide bonds. The van der Waals surface area contributed by atoms with Crippen LogP contribution in [0.25, 0.3) is 0 Å². The first-order valence-corrected chi connectivity index (χ1v) is 6.42. The van der Waals surface area contributed by atoms with Crippen LogP contribution < -0.4 is 0 Å². The molecule has 2 heteroatoms. The molecule has 15 heavy (non-hydrogen) atoms. The van der Waals surface area contributed by atoms with E-state index < -0.39 is 5.60 Å². The van der Waals surface area contributed by atoms with Crippen LogP contribution in [-0.4, -0.2) is 5.11 Å². The average Bonchev–Trinajstić information content (AvgIpc) is 2.67. The molecule has 2 aliphatic carbocycles. The monoisotopic (exact) mass is 266 g/mol. The number of rotatable bonds is 1. The molecule has 0 spiro atoms. The molecule has 0 bridgehead atoms. The predicted octanol–water partition coefficient (Wildman–Crippen LogP) is 3.38. The Morgan fingerprint density at radius 1 is 1.33 bits per heavy atom. The molecule has 0 heterocycles. The highest BCUT2D eigenvalue weighted by Gasteiger charge is 2.66. The third kappa shape index (κ3) is 1.24. The van der Waals surface area contributed by atoms with Crippen LogP contribution in [0.3, 0.4) is 0 Å². The van der Waals surface area contributed by atoms with E-state index in [9.17, 15) is 5.11 Å². The second-order valence-electron chi connectivity index (χ2n) is 4.95. The van der Waals surface area contributed by atoms with Crippen LogP contribution in [0.1, 0.15) is 30.4 Å². The fourth-order valence-corrected chi connectivity index (χ4v) is 3.83. The number of hydrogen-bond acceptors (Lipinski definition) is 1. The highest BCUT2D eigenvalue weighted by molar-refractivity contribution is 9.10. The maximum absolute atomic E-state index is 10.7. The molecule has 0 aliphatic heterocycles. The van der Waals surface area contributed by atoms with Crippen molar-refractivity contribution in [3.63, 3.8) is 0 Å². The van der Waals surface area contributed by atoms with Crippen LogP contribution >= 0.6 is 15.9 Å². The maximum Gasteiger partial charge on any atom is 0.0971 e. The smallest absolute Gasteiger partial charge is 0.0971 e. The van der Waals surface area contributed by atoms with E-state index in [0.29, 0.717) is 11.8 Å². The van der Waals surface area contributed by atoms with E-state index in [4.69, 9.17) is 0 Å². The highest BCUT2D eigenvalue weighted by atomic mass is 79.9. The van der Waals surface area contributed by atoms with Gasteiger partial charge >= 0.3 is 0 Å². The molecule has 1 aromatic rings. The predicted molar refractivity (Wildman–Crippen MR) is 63.6 cm³/mol. The summed E-state index contributed by atoms with van der Waals surface area (Å²) < 4.78 is 1.06. The maximum atomic E-state index is 10.7. The van der Waals surface area contributed by atoms with Crippen molar-refractivity contribution in [2.45, 2.75) is 31.8 Å². The first-order chi connectivity index (χ1) is 7.14. The molecule has 1 nitrogen and oxygen atoms in total. The van der Waals surface area contributed by atoms with E-state index in [2.05, 4.69) is 41.1 Å². The summed E-state index contributed by atoms with van der Waals surface area (Å²) in [6, 6.07) is 6.26. The Morgan fingerprint density at radius 3 is 2.67 bits per heavy atom. The third-order valence-corrected chi connectivity index (χ3v) is 4.78. The van der Waals surface area contributed by atoms with Gasteiger partial charge < -0.3 is 5.11 Å². The Balaban J connectivity index is 2.03. The summed E-state index contributed by atoms with van der Waals surface area (Å²) in [5.41, 5.74) is 1.83. The van der Waals surface area contributed by atoms with Crippen molar-refractivity contribution in [1.82, 2.24) is 0 Å². The first kappa shape index (κ1) is 9.86. The van der Waals surface area contributed by atoms with Crippen LogP contribution in [0.2, 0.25) is 0 Å². The van der Waals surface area contributed by atoms with E-state index in [1.807, 2.05) is 0 Å². The van der Waals surface area contributed by atoms with Gasteiger partial charge in [0.15, 0.2) is 0 Å². The van der Waals surface area contributed by atoms with Crippen molar-refractivity contribution in [3.8, 4) is 0 Å². The van der Waals surface area contributed by atoms with Gasteiger partial charge in [-0.15, -0.1) is 0 Å². The van der Waals surface area contributed by atoms with E-state index in [1.165, 1.54) is 24.8 Å². The summed E-state index contributed by atoms with van der Waals surface area (Å²) in [5.74, 6) is 1.05. The van der Waals surface area contributed by atoms with Crippen LogP contribution in [0.15, 0.2) is 22.7 Å². The topological polar surface area (TPSA) is 20.2 Å². The Hall–Kier alpha value is -0.340. The van der Waals surface area contributed by atoms with Crippen molar-refractivity contribution in [3.05, 3.63) is 33.8 Å². The van der Waals surface area contributed by atoms with Gasteiger partial charge in [0.1, 0.15) is 0 Å². The molecule has 1 N–H and O–H groups in total. The van der Waals surface area contributed by atoms with Crippen LogP contribution in [-0.2, 0) is 5.60 Å². The van der Waals surface area contributed by atoms with Crippen LogP contribution in [0.5, 0.6) is 0 Å². The zero-order valence-electron chi connectivity index (χ0n) is 8.83. The molecule has 2 aliphatic rings. The van der Waals surface area contributed by atoms with Gasteiger partial charge in [-0.05, 0) is 43.2 Å². The molecule has 0 radical (unpaired) electrons. The molecule has 0 aromatic heterocycles. The number of fused-ring (bicyclic) bond motifs is 1. The average molecular weight is 267 g/mol. The molecular formula is C13H15BrO. The van der Waals surface area contributed by atoms with Gasteiger partial charge in [0, 0.05) is 4.47 Å². The number of benzene rings is 1. The molecule has 2 atom stereocenters. The molecule has 80 valence electrons. The third-order valence-electron chi connectivity index (χ3n) is 4.09. The molecule has 2 unspecified atom stereocenters. The van der Waals surface area contributed by atoms with E-state index in [-0.39, 0.29) is 0 Å². The zero-order valence-corrected chi connectivity index (χ0v) is 10.4. The molecular weight excluding hydrogens is 252 g/mol. The Morgan fingerprint density at radius 2 is 2.00 bits per heavy atom. The van der Waals surface area contributed by atoms with Gasteiger partial charge in [-0.25, -0.2) is 0 Å². The lowest BCUT2D eigenvalue weighted by Crippen LogP contribution is -2.14. The molecule has 3 rings (SSSR count). The van der Waals surface area contributed by atoms with Gasteiger partial charge in [0.2, 0.25) is 0 Å². The van der Waals surface area contributed by atoms with E-state index in [0.717, 1.165) is 10.0 Å². The van der Waals surface area contributed by atoms with Gasteiger partial charge in [0.05, 0.1) is 5.60 Å². The second kappa shape index (κ2) is 3.08. The summed E-state index contributed by atoms with van der Waals surface area (Å²) in [5, 5.41) is 10.7. The number of hydrogen-bond donors (Lipinski definition) is 1. The van der Waals surface area contributed by atoms with Crippen molar-refractivity contribution >= 4 is 15.9 Å². The number of halogens is 1. The van der Waals surface area contributed by atoms with E-state index in [1.54, 1.807) is 0 Å². The van der Waals surface area contributed by atoms with E-state index >= 15 is 0 Å². The number of aryl methyl sites for hydroxylation is 1. The Kier molecular flexibility index (Phi) is 2.02. The molecule has 2 saturated carbocycles. The fourth-order valence-electron chi connectivity index (χ4n) is 3.27.